The van der Waals surface area contributed by atoms with Crippen molar-refractivity contribution in [3.63, 3.8) is 0 Å². The maximum absolute atomic E-state index is 12.3. The summed E-state index contributed by atoms with van der Waals surface area (Å²) in [4.78, 5) is 12.3. The first-order chi connectivity index (χ1) is 9.94. The Morgan fingerprint density at radius 2 is 2.24 bits per heavy atom. The number of hydrogen-bond donors (Lipinski definition) is 2. The van der Waals surface area contributed by atoms with Crippen LogP contribution in [0.3, 0.4) is 0 Å². The molecule has 1 unspecified atom stereocenters. The molecule has 2 aliphatic rings. The lowest BCUT2D eigenvalue weighted by Gasteiger charge is -2.38. The molecule has 0 saturated carbocycles. The smallest absolute Gasteiger partial charge is 0.249 e. The van der Waals surface area contributed by atoms with Gasteiger partial charge >= 0.3 is 0 Å². The third-order valence-corrected chi connectivity index (χ3v) is 4.03. The van der Waals surface area contributed by atoms with Crippen LogP contribution in [0.4, 0.5) is 5.69 Å². The lowest BCUT2D eigenvalue weighted by molar-refractivity contribution is -0.131. The van der Waals surface area contributed by atoms with E-state index in [1.54, 1.807) is 0 Å². The maximum atomic E-state index is 12.3. The zero-order valence-corrected chi connectivity index (χ0v) is 12.5. The molecular weight excluding hydrogens is 268 g/mol. The SMILES string of the molecule is CC1(C)CC(NC(=O)[C@H]2CCCO2)c2cc(N)ccc2O1. The van der Waals surface area contributed by atoms with E-state index in [4.69, 9.17) is 15.2 Å². The fraction of sp³-hybridized carbons (Fsp3) is 0.562. The fourth-order valence-electron chi connectivity index (χ4n) is 3.05. The van der Waals surface area contributed by atoms with Gasteiger partial charge in [-0.2, -0.15) is 0 Å². The molecule has 1 aromatic carbocycles. The van der Waals surface area contributed by atoms with Gasteiger partial charge < -0.3 is 20.5 Å². The van der Waals surface area contributed by atoms with Gasteiger partial charge in [0.2, 0.25) is 5.91 Å². The summed E-state index contributed by atoms with van der Waals surface area (Å²) in [5.74, 6) is 0.752. The van der Waals surface area contributed by atoms with Crippen LogP contribution in [0.2, 0.25) is 0 Å². The van der Waals surface area contributed by atoms with E-state index in [0.717, 1.165) is 24.2 Å². The number of nitrogens with one attached hydrogen (secondary N) is 1. The highest BCUT2D eigenvalue weighted by Gasteiger charge is 2.36. The number of fused-ring (bicyclic) bond motifs is 1. The third-order valence-electron chi connectivity index (χ3n) is 4.03. The van der Waals surface area contributed by atoms with Gasteiger partial charge in [0, 0.05) is 24.3 Å². The predicted molar refractivity (Wildman–Crippen MR) is 80.0 cm³/mol. The molecule has 0 spiro atoms. The molecule has 2 atom stereocenters. The van der Waals surface area contributed by atoms with Gasteiger partial charge in [0.1, 0.15) is 17.5 Å². The van der Waals surface area contributed by atoms with Crippen molar-refractivity contribution in [2.45, 2.75) is 50.9 Å². The second kappa shape index (κ2) is 5.22. The van der Waals surface area contributed by atoms with E-state index in [9.17, 15) is 4.79 Å². The molecule has 0 aliphatic carbocycles. The average Bonchev–Trinajstić information content (AvgIpc) is 2.93. The van der Waals surface area contributed by atoms with E-state index >= 15 is 0 Å². The minimum Gasteiger partial charge on any atom is -0.487 e. The summed E-state index contributed by atoms with van der Waals surface area (Å²) in [6, 6.07) is 5.48. The van der Waals surface area contributed by atoms with Crippen molar-refractivity contribution < 1.29 is 14.3 Å². The number of rotatable bonds is 2. The zero-order valence-electron chi connectivity index (χ0n) is 12.5. The second-order valence-electron chi connectivity index (χ2n) is 6.43. The first-order valence-electron chi connectivity index (χ1n) is 7.45. The van der Waals surface area contributed by atoms with Crippen LogP contribution in [-0.2, 0) is 9.53 Å². The van der Waals surface area contributed by atoms with Crippen LogP contribution < -0.4 is 15.8 Å². The lowest BCUT2D eigenvalue weighted by atomic mass is 9.89. The number of carbonyl (C=O) groups excluding carboxylic acids is 1. The van der Waals surface area contributed by atoms with Gasteiger partial charge in [0.05, 0.1) is 6.04 Å². The van der Waals surface area contributed by atoms with Crippen LogP contribution in [0.15, 0.2) is 18.2 Å². The van der Waals surface area contributed by atoms with E-state index in [0.29, 0.717) is 18.7 Å². The summed E-state index contributed by atoms with van der Waals surface area (Å²) in [6.45, 7) is 4.72. The summed E-state index contributed by atoms with van der Waals surface area (Å²) >= 11 is 0. The van der Waals surface area contributed by atoms with Crippen molar-refractivity contribution in [3.05, 3.63) is 23.8 Å². The molecule has 5 nitrogen and oxygen atoms in total. The summed E-state index contributed by atoms with van der Waals surface area (Å²) in [5.41, 5.74) is 7.17. The molecule has 21 heavy (non-hydrogen) atoms. The normalized spacial score (nSPS) is 26.8. The summed E-state index contributed by atoms with van der Waals surface area (Å²) in [7, 11) is 0. The number of benzene rings is 1. The van der Waals surface area contributed by atoms with Crippen LogP contribution in [0.25, 0.3) is 0 Å². The van der Waals surface area contributed by atoms with Gasteiger partial charge in [0.25, 0.3) is 0 Å². The minimum atomic E-state index is -0.322. The van der Waals surface area contributed by atoms with Gasteiger partial charge in [-0.05, 0) is 44.9 Å². The number of ether oxygens (including phenoxy) is 2. The van der Waals surface area contributed by atoms with Gasteiger partial charge in [-0.25, -0.2) is 0 Å². The molecule has 114 valence electrons. The highest BCUT2D eigenvalue weighted by molar-refractivity contribution is 5.81. The van der Waals surface area contributed by atoms with E-state index in [2.05, 4.69) is 5.32 Å². The monoisotopic (exact) mass is 290 g/mol. The van der Waals surface area contributed by atoms with Crippen molar-refractivity contribution in [1.82, 2.24) is 5.32 Å². The zero-order chi connectivity index (χ0) is 15.0. The fourth-order valence-corrected chi connectivity index (χ4v) is 3.05. The van der Waals surface area contributed by atoms with Crippen molar-refractivity contribution in [1.29, 1.82) is 0 Å². The topological polar surface area (TPSA) is 73.6 Å². The third kappa shape index (κ3) is 2.97. The Hall–Kier alpha value is -1.75. The Morgan fingerprint density at radius 3 is 2.95 bits per heavy atom. The first kappa shape index (κ1) is 14.2. The van der Waals surface area contributed by atoms with Crippen LogP contribution in [0.5, 0.6) is 5.75 Å². The van der Waals surface area contributed by atoms with E-state index < -0.39 is 0 Å². The van der Waals surface area contributed by atoms with E-state index in [-0.39, 0.29) is 23.7 Å². The summed E-state index contributed by atoms with van der Waals surface area (Å²) in [6.07, 6.45) is 2.13. The van der Waals surface area contributed by atoms with Crippen LogP contribution in [0, 0.1) is 0 Å². The molecule has 1 saturated heterocycles. The average molecular weight is 290 g/mol. The van der Waals surface area contributed by atoms with Crippen LogP contribution >= 0.6 is 0 Å². The molecule has 2 aliphatic heterocycles. The van der Waals surface area contributed by atoms with Crippen LogP contribution in [-0.4, -0.2) is 24.2 Å². The number of nitrogen functional groups attached to an aromatic ring is 1. The number of anilines is 1. The Bertz CT molecular complexity index is 550. The molecule has 1 aromatic rings. The van der Waals surface area contributed by atoms with Gasteiger partial charge in [-0.1, -0.05) is 0 Å². The molecule has 5 heteroatoms. The molecule has 0 aromatic heterocycles. The molecule has 1 fully saturated rings. The molecule has 3 N–H and O–H groups in total. The molecular formula is C16H22N2O3. The molecule has 3 rings (SSSR count). The van der Waals surface area contributed by atoms with Crippen LogP contribution in [0.1, 0.15) is 44.7 Å². The summed E-state index contributed by atoms with van der Waals surface area (Å²) < 4.78 is 11.4. The molecule has 1 amide bonds. The maximum Gasteiger partial charge on any atom is 0.249 e. The van der Waals surface area contributed by atoms with Gasteiger partial charge in [0.15, 0.2) is 0 Å². The number of amides is 1. The van der Waals surface area contributed by atoms with Gasteiger partial charge in [-0.15, -0.1) is 0 Å². The number of carbonyl (C=O) groups is 1. The molecule has 0 bridgehead atoms. The number of hydrogen-bond acceptors (Lipinski definition) is 4. The predicted octanol–water partition coefficient (Wildman–Crippen LogP) is 2.17. The van der Waals surface area contributed by atoms with Gasteiger partial charge in [-0.3, -0.25) is 4.79 Å². The summed E-state index contributed by atoms with van der Waals surface area (Å²) in [5, 5.41) is 3.10. The highest BCUT2D eigenvalue weighted by atomic mass is 16.5. The largest absolute Gasteiger partial charge is 0.487 e. The standard InChI is InChI=1S/C16H22N2O3/c1-16(2)9-12(18-15(19)14-4-3-7-20-14)11-8-10(17)5-6-13(11)21-16/h5-6,8,12,14H,3-4,7,9,17H2,1-2H3,(H,18,19)/t12?,14-/m1/s1. The second-order valence-corrected chi connectivity index (χ2v) is 6.43. The lowest BCUT2D eigenvalue weighted by Crippen LogP contribution is -2.44. The molecule has 0 radical (unpaired) electrons. The Balaban J connectivity index is 1.83. The van der Waals surface area contributed by atoms with Crippen molar-refractivity contribution in [2.75, 3.05) is 12.3 Å². The first-order valence-corrected chi connectivity index (χ1v) is 7.45. The quantitative estimate of drug-likeness (QED) is 0.819. The van der Waals surface area contributed by atoms with Crippen molar-refractivity contribution in [3.8, 4) is 5.75 Å². The van der Waals surface area contributed by atoms with E-state index in [1.807, 2.05) is 32.0 Å². The minimum absolute atomic E-state index is 0.0384. The van der Waals surface area contributed by atoms with Crippen molar-refractivity contribution >= 4 is 11.6 Å². The Morgan fingerprint density at radius 1 is 1.43 bits per heavy atom. The number of nitrogens with two attached hydrogens (primary N) is 1. The molecule has 2 heterocycles. The Kier molecular flexibility index (Phi) is 3.53. The highest BCUT2D eigenvalue weighted by Crippen LogP contribution is 2.40. The van der Waals surface area contributed by atoms with E-state index in [1.165, 1.54) is 0 Å². The van der Waals surface area contributed by atoms with Crippen molar-refractivity contribution in [2.24, 2.45) is 0 Å². The Labute approximate surface area is 124 Å².